The molecule has 0 N–H and O–H groups in total. The van der Waals surface area contributed by atoms with Crippen LogP contribution in [0.3, 0.4) is 0 Å². The Bertz CT molecular complexity index is 766. The number of aryl methyl sites for hydroxylation is 1. The molecule has 1 aromatic carbocycles. The first-order valence-electron chi connectivity index (χ1n) is 10.1. The third kappa shape index (κ3) is 3.74. The van der Waals surface area contributed by atoms with Gasteiger partial charge in [-0.3, -0.25) is 0 Å². The molecule has 0 radical (unpaired) electrons. The predicted octanol–water partition coefficient (Wildman–Crippen LogP) is 4.98. The molecule has 0 aliphatic carbocycles. The first-order chi connectivity index (χ1) is 12.8. The molecule has 0 saturated carbocycles. The van der Waals surface area contributed by atoms with E-state index in [1.165, 1.54) is 12.1 Å². The van der Waals surface area contributed by atoms with Crippen molar-refractivity contribution in [3.05, 3.63) is 42.2 Å². The maximum atomic E-state index is 13.5. The number of aromatic nitrogens is 3. The number of benzene rings is 1. The quantitative estimate of drug-likeness (QED) is 0.493. The lowest BCUT2D eigenvalue weighted by Gasteiger charge is -2.42. The minimum Gasteiger partial charge on any atom is -0.412 e. The van der Waals surface area contributed by atoms with Crippen LogP contribution in [-0.2, 0) is 10.8 Å². The molecule has 1 aromatic heterocycles. The summed E-state index contributed by atoms with van der Waals surface area (Å²) in [5.41, 5.74) is 2.50. The van der Waals surface area contributed by atoms with Crippen LogP contribution in [0.2, 0.25) is 16.6 Å². The van der Waals surface area contributed by atoms with Crippen molar-refractivity contribution < 1.29 is 13.4 Å². The predicted molar refractivity (Wildman–Crippen MR) is 108 cm³/mol. The normalized spacial score (nSPS) is 17.3. The van der Waals surface area contributed by atoms with Crippen LogP contribution in [0, 0.1) is 5.82 Å². The van der Waals surface area contributed by atoms with Gasteiger partial charge in [0.2, 0.25) is 14.6 Å². The Kier molecular flexibility index (Phi) is 5.86. The first kappa shape index (κ1) is 20.2. The van der Waals surface area contributed by atoms with Crippen molar-refractivity contribution in [3.8, 4) is 5.69 Å². The highest BCUT2D eigenvalue weighted by Gasteiger charge is 2.46. The fraction of sp³-hybridized carbons (Fsp3) is 0.619. The van der Waals surface area contributed by atoms with E-state index >= 15 is 0 Å². The lowest BCUT2D eigenvalue weighted by molar-refractivity contribution is -0.718. The van der Waals surface area contributed by atoms with Crippen molar-refractivity contribution in [2.75, 3.05) is 6.61 Å². The van der Waals surface area contributed by atoms with Crippen LogP contribution in [0.1, 0.15) is 59.8 Å². The van der Waals surface area contributed by atoms with Gasteiger partial charge in [-0.05, 0) is 35.2 Å². The number of hydrogen-bond acceptors (Lipinski definition) is 2. The molecule has 0 amide bonds. The largest absolute Gasteiger partial charge is 0.412 e. The molecule has 0 unspecified atom stereocenters. The van der Waals surface area contributed by atoms with Crippen LogP contribution in [-0.4, -0.2) is 24.7 Å². The second kappa shape index (κ2) is 7.84. The summed E-state index contributed by atoms with van der Waals surface area (Å²) < 4.78 is 24.4. The second-order valence-corrected chi connectivity index (χ2v) is 14.1. The van der Waals surface area contributed by atoms with Crippen molar-refractivity contribution in [1.29, 1.82) is 0 Å². The molecule has 2 aromatic rings. The Balaban J connectivity index is 1.80. The summed E-state index contributed by atoms with van der Waals surface area (Å²) in [7, 11) is -1.87. The standard InChI is InChI=1S/C21H33FN3OSi/c1-15(2)27(16(3)4,17(5)6)26-13-20-10-11-21-23-25(14-24(20)21)19-9-7-8-18(22)12-19/h7-9,12,14-17,20H,10-11,13H2,1-6H3/q+1/t20-/m0/s1. The number of rotatable bonds is 7. The van der Waals surface area contributed by atoms with Gasteiger partial charge < -0.3 is 4.43 Å². The highest BCUT2D eigenvalue weighted by Crippen LogP contribution is 2.42. The van der Waals surface area contributed by atoms with E-state index in [-0.39, 0.29) is 5.82 Å². The molecule has 0 spiro atoms. The molecular formula is C21H33FN3OSi+. The van der Waals surface area contributed by atoms with Crippen LogP contribution in [0.15, 0.2) is 30.6 Å². The Morgan fingerprint density at radius 2 is 1.85 bits per heavy atom. The maximum Gasteiger partial charge on any atom is 0.278 e. The average molecular weight is 391 g/mol. The van der Waals surface area contributed by atoms with Crippen molar-refractivity contribution >= 4 is 8.32 Å². The molecule has 6 heteroatoms. The topological polar surface area (TPSA) is 30.9 Å². The Hall–Kier alpha value is -1.53. The lowest BCUT2D eigenvalue weighted by Crippen LogP contribution is -2.50. The number of nitrogens with zero attached hydrogens (tertiary/aromatic N) is 3. The fourth-order valence-corrected chi connectivity index (χ4v) is 10.4. The molecule has 3 rings (SSSR count). The van der Waals surface area contributed by atoms with Crippen molar-refractivity contribution in [1.82, 2.24) is 9.78 Å². The third-order valence-corrected chi connectivity index (χ3v) is 12.2. The summed E-state index contributed by atoms with van der Waals surface area (Å²) in [6.45, 7) is 14.7. The van der Waals surface area contributed by atoms with Gasteiger partial charge in [-0.25, -0.2) is 8.96 Å². The molecular weight excluding hydrogens is 357 g/mol. The monoisotopic (exact) mass is 390 g/mol. The Morgan fingerprint density at radius 3 is 2.44 bits per heavy atom. The van der Waals surface area contributed by atoms with Crippen LogP contribution in [0.4, 0.5) is 4.39 Å². The van der Waals surface area contributed by atoms with E-state index in [1.807, 2.05) is 12.4 Å². The highest BCUT2D eigenvalue weighted by atomic mass is 28.4. The minimum absolute atomic E-state index is 0.241. The van der Waals surface area contributed by atoms with Gasteiger partial charge in [0.15, 0.2) is 0 Å². The van der Waals surface area contributed by atoms with Crippen LogP contribution in [0.5, 0.6) is 0 Å². The van der Waals surface area contributed by atoms with E-state index in [2.05, 4.69) is 51.2 Å². The van der Waals surface area contributed by atoms with Gasteiger partial charge in [0.1, 0.15) is 17.5 Å². The molecule has 27 heavy (non-hydrogen) atoms. The molecule has 4 nitrogen and oxygen atoms in total. The SMILES string of the molecule is CC(C)[Si](OC[C@@H]1CCc2nn(-c3cccc(F)c3)c[n+]21)(C(C)C)C(C)C. The summed E-state index contributed by atoms with van der Waals surface area (Å²) in [6.07, 6.45) is 4.00. The summed E-state index contributed by atoms with van der Waals surface area (Å²) >= 11 is 0. The van der Waals surface area contributed by atoms with E-state index in [9.17, 15) is 4.39 Å². The zero-order chi connectivity index (χ0) is 19.8. The van der Waals surface area contributed by atoms with Gasteiger partial charge in [0, 0.05) is 17.6 Å². The molecule has 148 valence electrons. The van der Waals surface area contributed by atoms with Crippen LogP contribution in [0.25, 0.3) is 5.69 Å². The highest BCUT2D eigenvalue weighted by molar-refractivity contribution is 6.77. The van der Waals surface area contributed by atoms with E-state index < -0.39 is 8.32 Å². The van der Waals surface area contributed by atoms with E-state index in [4.69, 9.17) is 4.43 Å². The molecule has 1 atom stereocenters. The fourth-order valence-electron chi connectivity index (χ4n) is 4.95. The number of halogens is 1. The van der Waals surface area contributed by atoms with Crippen LogP contribution < -0.4 is 4.57 Å². The molecule has 2 heterocycles. The van der Waals surface area contributed by atoms with Gasteiger partial charge in [0.25, 0.3) is 5.82 Å². The van der Waals surface area contributed by atoms with E-state index in [1.54, 1.807) is 10.7 Å². The smallest absolute Gasteiger partial charge is 0.278 e. The van der Waals surface area contributed by atoms with Crippen LogP contribution >= 0.6 is 0 Å². The summed E-state index contributed by atoms with van der Waals surface area (Å²) in [4.78, 5) is 0. The van der Waals surface area contributed by atoms with Gasteiger partial charge in [-0.1, -0.05) is 52.3 Å². The first-order valence-corrected chi connectivity index (χ1v) is 12.3. The van der Waals surface area contributed by atoms with Gasteiger partial charge in [0.05, 0.1) is 6.61 Å². The van der Waals surface area contributed by atoms with E-state index in [0.29, 0.717) is 22.7 Å². The molecule has 0 fully saturated rings. The second-order valence-electron chi connectivity index (χ2n) is 8.68. The summed E-state index contributed by atoms with van der Waals surface area (Å²) in [6, 6.07) is 6.88. The Labute approximate surface area is 163 Å². The Morgan fingerprint density at radius 1 is 1.19 bits per heavy atom. The minimum atomic E-state index is -1.87. The lowest BCUT2D eigenvalue weighted by atomic mass is 10.2. The average Bonchev–Trinajstić information content (AvgIpc) is 3.16. The van der Waals surface area contributed by atoms with E-state index in [0.717, 1.165) is 31.0 Å². The van der Waals surface area contributed by atoms with Gasteiger partial charge in [-0.2, -0.15) is 0 Å². The zero-order valence-electron chi connectivity index (χ0n) is 17.4. The summed E-state index contributed by atoms with van der Waals surface area (Å²) in [5.74, 6) is 0.813. The maximum absolute atomic E-state index is 13.5. The van der Waals surface area contributed by atoms with Gasteiger partial charge >= 0.3 is 0 Å². The van der Waals surface area contributed by atoms with Gasteiger partial charge in [-0.15, -0.1) is 0 Å². The molecule has 0 bridgehead atoms. The number of hydrogen-bond donors (Lipinski definition) is 0. The van der Waals surface area contributed by atoms with Crippen molar-refractivity contribution in [2.24, 2.45) is 0 Å². The third-order valence-electron chi connectivity index (χ3n) is 6.16. The number of fused-ring (bicyclic) bond motifs is 1. The zero-order valence-corrected chi connectivity index (χ0v) is 18.4. The van der Waals surface area contributed by atoms with Crippen molar-refractivity contribution in [3.63, 3.8) is 0 Å². The molecule has 0 saturated heterocycles. The molecule has 1 aliphatic heterocycles. The van der Waals surface area contributed by atoms with Crippen molar-refractivity contribution in [2.45, 2.75) is 77.0 Å². The molecule has 1 aliphatic rings. The summed E-state index contributed by atoms with van der Waals surface area (Å²) in [5, 5.41) is 4.67.